The Morgan fingerprint density at radius 2 is 2.00 bits per heavy atom. The lowest BCUT2D eigenvalue weighted by Crippen LogP contribution is -2.42. The quantitative estimate of drug-likeness (QED) is 0.731. The highest BCUT2D eigenvalue weighted by Gasteiger charge is 2.37. The summed E-state index contributed by atoms with van der Waals surface area (Å²) in [6.07, 6.45) is 0. The second-order valence-corrected chi connectivity index (χ2v) is 8.16. The highest BCUT2D eigenvalue weighted by Crippen LogP contribution is 2.38. The van der Waals surface area contributed by atoms with Gasteiger partial charge in [-0.15, -0.1) is 0 Å². The number of carbonyl (C=O) groups excluding carboxylic acids is 2. The summed E-state index contributed by atoms with van der Waals surface area (Å²) < 4.78 is 11.3. The Bertz CT molecular complexity index is 946. The zero-order valence-electron chi connectivity index (χ0n) is 16.4. The number of hydrogen-bond acceptors (Lipinski definition) is 4. The van der Waals surface area contributed by atoms with E-state index in [4.69, 9.17) is 32.7 Å². The van der Waals surface area contributed by atoms with Crippen LogP contribution in [0.15, 0.2) is 36.4 Å². The number of nitrogens with zero attached hydrogens (tertiary/aromatic N) is 1. The standard InChI is InChI=1S/C21H22Cl2N2O4/c1-4-25-16-10-14(6-8-18(16)29-12-21(2,3)20(25)27)24-19(26)11-28-17-7-5-13(22)9-15(17)23/h5-10H,4,11-12H2,1-3H3,(H,24,26). The fourth-order valence-corrected chi connectivity index (χ4v) is 3.43. The first-order valence-corrected chi connectivity index (χ1v) is 9.93. The molecule has 29 heavy (non-hydrogen) atoms. The zero-order chi connectivity index (χ0) is 21.2. The summed E-state index contributed by atoms with van der Waals surface area (Å²) in [5, 5.41) is 3.58. The monoisotopic (exact) mass is 436 g/mol. The van der Waals surface area contributed by atoms with Gasteiger partial charge in [-0.3, -0.25) is 9.59 Å². The second kappa shape index (κ2) is 8.51. The molecule has 1 aliphatic rings. The lowest BCUT2D eigenvalue weighted by molar-refractivity contribution is -0.127. The second-order valence-electron chi connectivity index (χ2n) is 7.32. The van der Waals surface area contributed by atoms with Crippen molar-refractivity contribution in [1.82, 2.24) is 0 Å². The molecule has 8 heteroatoms. The Labute approximate surface area is 179 Å². The molecule has 2 aromatic carbocycles. The van der Waals surface area contributed by atoms with E-state index in [1.54, 1.807) is 41.3 Å². The number of benzene rings is 2. The number of halogens is 2. The van der Waals surface area contributed by atoms with Gasteiger partial charge in [0, 0.05) is 17.3 Å². The molecule has 0 atom stereocenters. The van der Waals surface area contributed by atoms with Crippen molar-refractivity contribution in [3.63, 3.8) is 0 Å². The van der Waals surface area contributed by atoms with E-state index >= 15 is 0 Å². The smallest absolute Gasteiger partial charge is 0.262 e. The van der Waals surface area contributed by atoms with Crippen LogP contribution in [0.1, 0.15) is 20.8 Å². The van der Waals surface area contributed by atoms with Gasteiger partial charge in [-0.05, 0) is 57.2 Å². The fourth-order valence-electron chi connectivity index (χ4n) is 2.97. The molecule has 0 spiro atoms. The zero-order valence-corrected chi connectivity index (χ0v) is 17.9. The first kappa shape index (κ1) is 21.3. The molecule has 0 aliphatic carbocycles. The molecule has 2 aromatic rings. The highest BCUT2D eigenvalue weighted by molar-refractivity contribution is 6.35. The van der Waals surface area contributed by atoms with E-state index in [-0.39, 0.29) is 25.0 Å². The molecule has 0 radical (unpaired) electrons. The highest BCUT2D eigenvalue weighted by atomic mass is 35.5. The number of anilines is 2. The van der Waals surface area contributed by atoms with Crippen LogP contribution in [0.4, 0.5) is 11.4 Å². The Morgan fingerprint density at radius 3 is 2.69 bits per heavy atom. The van der Waals surface area contributed by atoms with Crippen molar-refractivity contribution in [3.05, 3.63) is 46.4 Å². The van der Waals surface area contributed by atoms with Gasteiger partial charge in [0.25, 0.3) is 5.91 Å². The SMILES string of the molecule is CCN1C(=O)C(C)(C)COc2ccc(NC(=O)COc3ccc(Cl)cc3Cl)cc21. The molecule has 0 saturated carbocycles. The topological polar surface area (TPSA) is 67.9 Å². The Kier molecular flexibility index (Phi) is 6.24. The average Bonchev–Trinajstić information content (AvgIpc) is 2.75. The number of hydrogen-bond donors (Lipinski definition) is 1. The summed E-state index contributed by atoms with van der Waals surface area (Å²) in [6, 6.07) is 9.98. The lowest BCUT2D eigenvalue weighted by atomic mass is 9.93. The average molecular weight is 437 g/mol. The van der Waals surface area contributed by atoms with Crippen LogP contribution in [0.2, 0.25) is 10.0 Å². The molecule has 0 aromatic heterocycles. The summed E-state index contributed by atoms with van der Waals surface area (Å²) >= 11 is 11.9. The first-order valence-electron chi connectivity index (χ1n) is 9.18. The third-order valence-corrected chi connectivity index (χ3v) is 5.05. The van der Waals surface area contributed by atoms with Gasteiger partial charge >= 0.3 is 0 Å². The van der Waals surface area contributed by atoms with E-state index in [2.05, 4.69) is 5.32 Å². The number of carbonyl (C=O) groups is 2. The molecule has 0 unspecified atom stereocenters. The third kappa shape index (κ3) is 4.77. The van der Waals surface area contributed by atoms with Crippen LogP contribution in [0.25, 0.3) is 0 Å². The van der Waals surface area contributed by atoms with Gasteiger partial charge in [0.15, 0.2) is 6.61 Å². The maximum absolute atomic E-state index is 12.8. The largest absolute Gasteiger partial charge is 0.490 e. The molecule has 1 heterocycles. The number of nitrogens with one attached hydrogen (secondary N) is 1. The van der Waals surface area contributed by atoms with E-state index < -0.39 is 5.41 Å². The van der Waals surface area contributed by atoms with Gasteiger partial charge in [-0.2, -0.15) is 0 Å². The molecule has 1 aliphatic heterocycles. The van der Waals surface area contributed by atoms with Crippen molar-refractivity contribution in [2.24, 2.45) is 5.41 Å². The van der Waals surface area contributed by atoms with Crippen molar-refractivity contribution < 1.29 is 19.1 Å². The van der Waals surface area contributed by atoms with Gasteiger partial charge in [-0.25, -0.2) is 0 Å². The minimum absolute atomic E-state index is 0.0251. The van der Waals surface area contributed by atoms with Gasteiger partial charge in [0.05, 0.1) is 16.1 Å². The van der Waals surface area contributed by atoms with E-state index in [0.29, 0.717) is 39.5 Å². The minimum Gasteiger partial charge on any atom is -0.490 e. The number of ether oxygens (including phenoxy) is 2. The fraction of sp³-hybridized carbons (Fsp3) is 0.333. The maximum Gasteiger partial charge on any atom is 0.262 e. The van der Waals surface area contributed by atoms with Gasteiger partial charge in [-0.1, -0.05) is 23.2 Å². The predicted octanol–water partition coefficient (Wildman–Crippen LogP) is 4.78. The van der Waals surface area contributed by atoms with E-state index in [0.717, 1.165) is 0 Å². The van der Waals surface area contributed by atoms with Crippen LogP contribution in [0, 0.1) is 5.41 Å². The van der Waals surface area contributed by atoms with Crippen molar-refractivity contribution in [2.75, 3.05) is 30.0 Å². The Hall–Kier alpha value is -2.44. The molecule has 1 N–H and O–H groups in total. The normalized spacial score (nSPS) is 15.2. The van der Waals surface area contributed by atoms with E-state index in [9.17, 15) is 9.59 Å². The van der Waals surface area contributed by atoms with Crippen LogP contribution >= 0.6 is 23.2 Å². The summed E-state index contributed by atoms with van der Waals surface area (Å²) in [4.78, 5) is 26.8. The Balaban J connectivity index is 1.72. The minimum atomic E-state index is -0.635. The van der Waals surface area contributed by atoms with Crippen LogP contribution < -0.4 is 19.7 Å². The summed E-state index contributed by atoms with van der Waals surface area (Å²) in [5.74, 6) is 0.586. The van der Waals surface area contributed by atoms with Crippen LogP contribution in [0.5, 0.6) is 11.5 Å². The van der Waals surface area contributed by atoms with Gasteiger partial charge in [0.2, 0.25) is 5.91 Å². The van der Waals surface area contributed by atoms with Crippen molar-refractivity contribution in [2.45, 2.75) is 20.8 Å². The van der Waals surface area contributed by atoms with E-state index in [1.807, 2.05) is 20.8 Å². The van der Waals surface area contributed by atoms with Crippen LogP contribution in [-0.4, -0.2) is 31.6 Å². The summed E-state index contributed by atoms with van der Waals surface area (Å²) in [7, 11) is 0. The number of rotatable bonds is 5. The van der Waals surface area contributed by atoms with Gasteiger partial charge < -0.3 is 19.7 Å². The van der Waals surface area contributed by atoms with Crippen molar-refractivity contribution in [3.8, 4) is 11.5 Å². The maximum atomic E-state index is 12.8. The lowest BCUT2D eigenvalue weighted by Gasteiger charge is -2.27. The molecule has 0 fully saturated rings. The molecule has 2 amide bonds. The van der Waals surface area contributed by atoms with Gasteiger partial charge in [0.1, 0.15) is 18.1 Å². The molecule has 0 bridgehead atoms. The first-order chi connectivity index (χ1) is 13.7. The Morgan fingerprint density at radius 1 is 1.24 bits per heavy atom. The summed E-state index contributed by atoms with van der Waals surface area (Å²) in [5.41, 5.74) is 0.529. The third-order valence-electron chi connectivity index (χ3n) is 4.52. The van der Waals surface area contributed by atoms with Crippen LogP contribution in [-0.2, 0) is 9.59 Å². The van der Waals surface area contributed by atoms with Crippen molar-refractivity contribution in [1.29, 1.82) is 0 Å². The molecule has 154 valence electrons. The molecular formula is C21H22Cl2N2O4. The van der Waals surface area contributed by atoms with Crippen LogP contribution in [0.3, 0.4) is 0 Å². The molecular weight excluding hydrogens is 415 g/mol. The number of amides is 2. The summed E-state index contributed by atoms with van der Waals surface area (Å²) in [6.45, 7) is 6.17. The molecule has 3 rings (SSSR count). The molecule has 6 nitrogen and oxygen atoms in total. The van der Waals surface area contributed by atoms with Crippen molar-refractivity contribution >= 4 is 46.4 Å². The predicted molar refractivity (Wildman–Crippen MR) is 114 cm³/mol. The molecule has 0 saturated heterocycles. The number of fused-ring (bicyclic) bond motifs is 1. The van der Waals surface area contributed by atoms with E-state index in [1.165, 1.54) is 0 Å².